The van der Waals surface area contributed by atoms with Crippen molar-refractivity contribution in [3.05, 3.63) is 0 Å². The maximum Gasteiger partial charge on any atom is 0.338 e. The molecule has 4 heterocycles. The molecule has 0 aromatic rings. The molecule has 4 aliphatic rings. The van der Waals surface area contributed by atoms with E-state index in [4.69, 9.17) is 28.4 Å². The Bertz CT molecular complexity index is 679. The molecule has 4 saturated heterocycles. The lowest BCUT2D eigenvalue weighted by molar-refractivity contribution is -0.252. The van der Waals surface area contributed by atoms with Crippen molar-refractivity contribution in [3.8, 4) is 0 Å². The van der Waals surface area contributed by atoms with Crippen molar-refractivity contribution in [2.75, 3.05) is 6.61 Å². The van der Waals surface area contributed by atoms with Crippen molar-refractivity contribution in [1.29, 1.82) is 0 Å². The summed E-state index contributed by atoms with van der Waals surface area (Å²) in [4.78, 5) is 23.9. The number of aliphatic hydroxyl groups excluding tert-OH is 1. The lowest BCUT2D eigenvalue weighted by atomic mass is 9.72. The zero-order chi connectivity index (χ0) is 21.1. The summed E-state index contributed by atoms with van der Waals surface area (Å²) in [5.74, 6) is -1.72. The van der Waals surface area contributed by atoms with Gasteiger partial charge in [0, 0.05) is 5.41 Å². The number of hydrogen-bond acceptors (Lipinski definition) is 9. The van der Waals surface area contributed by atoms with Crippen molar-refractivity contribution in [2.24, 2.45) is 17.3 Å². The molecule has 29 heavy (non-hydrogen) atoms. The van der Waals surface area contributed by atoms with E-state index in [1.54, 1.807) is 0 Å². The van der Waals surface area contributed by atoms with Crippen molar-refractivity contribution in [3.63, 3.8) is 0 Å². The molecule has 9 heteroatoms. The largest absolute Gasteiger partial charge is 0.460 e. The standard InChI is InChI=1S/C20H30O9/c1-9(2)6-19(5,10(3)4)18(23)27-14-12-13(25-16(14)22)15-17(26-12)29-20(28-15)7-11(21)24-8-20/h9-10,12-15,17-18,23H,6-8H2,1-5H3. The molecular weight excluding hydrogens is 384 g/mol. The molecule has 0 amide bonds. The fourth-order valence-electron chi connectivity index (χ4n) is 4.66. The van der Waals surface area contributed by atoms with Crippen molar-refractivity contribution in [2.45, 2.75) is 90.2 Å². The van der Waals surface area contributed by atoms with Crippen LogP contribution in [0.25, 0.3) is 0 Å². The van der Waals surface area contributed by atoms with Crippen LogP contribution in [0.15, 0.2) is 0 Å². The number of ether oxygens (including phenoxy) is 6. The average Bonchev–Trinajstić information content (AvgIpc) is 3.31. The van der Waals surface area contributed by atoms with Crippen LogP contribution in [-0.4, -0.2) is 66.4 Å². The Labute approximate surface area is 169 Å². The molecule has 4 fully saturated rings. The monoisotopic (exact) mass is 414 g/mol. The minimum Gasteiger partial charge on any atom is -0.460 e. The Kier molecular flexibility index (Phi) is 5.18. The Morgan fingerprint density at radius 2 is 1.90 bits per heavy atom. The Morgan fingerprint density at radius 1 is 1.17 bits per heavy atom. The van der Waals surface area contributed by atoms with Crippen LogP contribution in [0.1, 0.15) is 47.5 Å². The smallest absolute Gasteiger partial charge is 0.338 e. The van der Waals surface area contributed by atoms with E-state index in [-0.39, 0.29) is 18.9 Å². The third kappa shape index (κ3) is 3.46. The maximum atomic E-state index is 12.5. The Hall–Kier alpha value is -1.26. The summed E-state index contributed by atoms with van der Waals surface area (Å²) >= 11 is 0. The second-order valence-corrected chi connectivity index (χ2v) is 9.49. The lowest BCUT2D eigenvalue weighted by Crippen LogP contribution is -2.46. The molecule has 0 aromatic carbocycles. The molecule has 0 aromatic heterocycles. The van der Waals surface area contributed by atoms with E-state index < -0.39 is 60.1 Å². The fourth-order valence-corrected chi connectivity index (χ4v) is 4.66. The topological polar surface area (TPSA) is 110 Å². The van der Waals surface area contributed by atoms with Gasteiger partial charge in [0.25, 0.3) is 0 Å². The Morgan fingerprint density at radius 3 is 2.48 bits per heavy atom. The van der Waals surface area contributed by atoms with Gasteiger partial charge in [-0.3, -0.25) is 4.79 Å². The van der Waals surface area contributed by atoms with Gasteiger partial charge in [-0.15, -0.1) is 0 Å². The molecule has 9 nitrogen and oxygen atoms in total. The molecule has 0 bridgehead atoms. The van der Waals surface area contributed by atoms with Crippen LogP contribution in [0.2, 0.25) is 0 Å². The summed E-state index contributed by atoms with van der Waals surface area (Å²) < 4.78 is 33.8. The molecule has 4 aliphatic heterocycles. The summed E-state index contributed by atoms with van der Waals surface area (Å²) in [5.41, 5.74) is -0.542. The number of hydrogen-bond donors (Lipinski definition) is 1. The Balaban J connectivity index is 1.45. The molecule has 8 unspecified atom stereocenters. The summed E-state index contributed by atoms with van der Waals surface area (Å²) in [6, 6.07) is 0. The minimum absolute atomic E-state index is 0.0197. The van der Waals surface area contributed by atoms with Crippen molar-refractivity contribution >= 4 is 11.9 Å². The summed E-state index contributed by atoms with van der Waals surface area (Å²) in [6.45, 7) is 10.1. The van der Waals surface area contributed by atoms with E-state index in [1.165, 1.54) is 0 Å². The SMILES string of the molecule is CC(C)CC(C)(C(C)C)C(O)OC1C(=O)OC2C3OC4(COC(=O)C4)OC3OC12. The molecule has 4 rings (SSSR count). The highest BCUT2D eigenvalue weighted by atomic mass is 16.9. The number of fused-ring (bicyclic) bond motifs is 3. The molecule has 164 valence electrons. The van der Waals surface area contributed by atoms with Crippen LogP contribution in [0.4, 0.5) is 0 Å². The van der Waals surface area contributed by atoms with Crippen LogP contribution in [0.5, 0.6) is 0 Å². The molecule has 0 radical (unpaired) electrons. The first-order chi connectivity index (χ1) is 13.5. The predicted octanol–water partition coefficient (Wildman–Crippen LogP) is 1.11. The van der Waals surface area contributed by atoms with E-state index >= 15 is 0 Å². The molecular formula is C20H30O9. The second-order valence-electron chi connectivity index (χ2n) is 9.49. The zero-order valence-corrected chi connectivity index (χ0v) is 17.5. The number of rotatable bonds is 6. The van der Waals surface area contributed by atoms with E-state index in [2.05, 4.69) is 13.8 Å². The number of aliphatic hydroxyl groups is 1. The normalized spacial score (nSPS) is 41.6. The average molecular weight is 414 g/mol. The van der Waals surface area contributed by atoms with Gasteiger partial charge in [0.2, 0.25) is 5.79 Å². The van der Waals surface area contributed by atoms with Crippen molar-refractivity contribution < 1.29 is 43.1 Å². The summed E-state index contributed by atoms with van der Waals surface area (Å²) in [7, 11) is 0. The number of carbonyl (C=O) groups is 2. The van der Waals surface area contributed by atoms with Crippen LogP contribution >= 0.6 is 0 Å². The van der Waals surface area contributed by atoms with E-state index in [0.29, 0.717) is 5.92 Å². The van der Waals surface area contributed by atoms with Gasteiger partial charge in [-0.2, -0.15) is 0 Å². The number of cyclic esters (lactones) is 1. The molecule has 1 spiro atoms. The van der Waals surface area contributed by atoms with Gasteiger partial charge in [0.05, 0.1) is 0 Å². The highest BCUT2D eigenvalue weighted by molar-refractivity contribution is 5.78. The quantitative estimate of drug-likeness (QED) is 0.505. The van der Waals surface area contributed by atoms with Crippen LogP contribution < -0.4 is 0 Å². The molecule has 0 aliphatic carbocycles. The number of carbonyl (C=O) groups excluding carboxylic acids is 2. The summed E-state index contributed by atoms with van der Waals surface area (Å²) in [6.07, 6.45) is -4.48. The first kappa shape index (κ1) is 21.0. The number of esters is 2. The van der Waals surface area contributed by atoms with Gasteiger partial charge in [-0.05, 0) is 18.3 Å². The fraction of sp³-hybridized carbons (Fsp3) is 0.900. The molecule has 0 saturated carbocycles. The van der Waals surface area contributed by atoms with Gasteiger partial charge in [0.1, 0.15) is 19.1 Å². The van der Waals surface area contributed by atoms with Gasteiger partial charge in [-0.1, -0.05) is 34.6 Å². The minimum atomic E-state index is -1.18. The van der Waals surface area contributed by atoms with Crippen LogP contribution in [-0.2, 0) is 38.0 Å². The third-order valence-electron chi connectivity index (χ3n) is 6.55. The van der Waals surface area contributed by atoms with Gasteiger partial charge in [0.15, 0.2) is 30.9 Å². The maximum absolute atomic E-state index is 12.5. The lowest BCUT2D eigenvalue weighted by Gasteiger charge is -2.40. The van der Waals surface area contributed by atoms with E-state index in [1.807, 2.05) is 20.8 Å². The van der Waals surface area contributed by atoms with Gasteiger partial charge in [-0.25, -0.2) is 4.79 Å². The first-order valence-electron chi connectivity index (χ1n) is 10.3. The second kappa shape index (κ2) is 7.16. The highest BCUT2D eigenvalue weighted by Gasteiger charge is 2.67. The summed E-state index contributed by atoms with van der Waals surface area (Å²) in [5, 5.41) is 10.9. The zero-order valence-electron chi connectivity index (χ0n) is 17.5. The van der Waals surface area contributed by atoms with E-state index in [9.17, 15) is 14.7 Å². The van der Waals surface area contributed by atoms with Crippen LogP contribution in [0.3, 0.4) is 0 Å². The van der Waals surface area contributed by atoms with Gasteiger partial charge < -0.3 is 33.5 Å². The van der Waals surface area contributed by atoms with Crippen molar-refractivity contribution in [1.82, 2.24) is 0 Å². The highest BCUT2D eigenvalue weighted by Crippen LogP contribution is 2.47. The predicted molar refractivity (Wildman–Crippen MR) is 96.1 cm³/mol. The van der Waals surface area contributed by atoms with Crippen LogP contribution in [0, 0.1) is 17.3 Å². The first-order valence-corrected chi connectivity index (χ1v) is 10.3. The van der Waals surface area contributed by atoms with Gasteiger partial charge >= 0.3 is 11.9 Å². The van der Waals surface area contributed by atoms with E-state index in [0.717, 1.165) is 6.42 Å². The molecule has 1 N–H and O–H groups in total. The third-order valence-corrected chi connectivity index (χ3v) is 6.55. The molecule has 8 atom stereocenters.